The van der Waals surface area contributed by atoms with E-state index in [1.165, 1.54) is 33.4 Å². The SMILES string of the molecule is C=C1N(C)c2ccccc2N1c1cc2ccccc2cc1C. The molecule has 0 amide bonds. The van der Waals surface area contributed by atoms with Gasteiger partial charge in [0, 0.05) is 7.05 Å². The van der Waals surface area contributed by atoms with E-state index in [9.17, 15) is 0 Å². The highest BCUT2D eigenvalue weighted by molar-refractivity contribution is 5.94. The van der Waals surface area contributed by atoms with Crippen molar-refractivity contribution in [3.63, 3.8) is 0 Å². The summed E-state index contributed by atoms with van der Waals surface area (Å²) >= 11 is 0. The molecule has 4 rings (SSSR count). The molecule has 2 nitrogen and oxygen atoms in total. The van der Waals surface area contributed by atoms with Crippen LogP contribution in [0.5, 0.6) is 0 Å². The third-order valence-electron chi connectivity index (χ3n) is 4.43. The lowest BCUT2D eigenvalue weighted by molar-refractivity contribution is 1.09. The van der Waals surface area contributed by atoms with Crippen molar-refractivity contribution in [2.45, 2.75) is 6.92 Å². The van der Waals surface area contributed by atoms with E-state index in [0.29, 0.717) is 0 Å². The highest BCUT2D eigenvalue weighted by atomic mass is 15.4. The van der Waals surface area contributed by atoms with Gasteiger partial charge in [-0.05, 0) is 47.5 Å². The Bertz CT molecular complexity index is 895. The fourth-order valence-corrected chi connectivity index (χ4v) is 3.22. The first-order valence-corrected chi connectivity index (χ1v) is 7.48. The Morgan fingerprint density at radius 3 is 2.09 bits per heavy atom. The highest BCUT2D eigenvalue weighted by Gasteiger charge is 2.29. The average molecular weight is 286 g/mol. The first-order valence-electron chi connectivity index (χ1n) is 7.48. The molecule has 0 aliphatic carbocycles. The van der Waals surface area contributed by atoms with Crippen molar-refractivity contribution in [2.24, 2.45) is 0 Å². The topological polar surface area (TPSA) is 6.48 Å². The number of aryl methyl sites for hydroxylation is 1. The van der Waals surface area contributed by atoms with Crippen LogP contribution < -0.4 is 9.80 Å². The quantitative estimate of drug-likeness (QED) is 0.606. The molecule has 0 aromatic heterocycles. The lowest BCUT2D eigenvalue weighted by Crippen LogP contribution is -2.21. The van der Waals surface area contributed by atoms with Gasteiger partial charge in [0.2, 0.25) is 0 Å². The molecule has 1 aliphatic heterocycles. The Hall–Kier alpha value is -2.74. The average Bonchev–Trinajstić information content (AvgIpc) is 2.79. The summed E-state index contributed by atoms with van der Waals surface area (Å²) in [6.45, 7) is 6.44. The summed E-state index contributed by atoms with van der Waals surface area (Å²) in [5, 5.41) is 2.53. The second-order valence-electron chi connectivity index (χ2n) is 5.79. The summed E-state index contributed by atoms with van der Waals surface area (Å²) in [6, 6.07) is 21.4. The largest absolute Gasteiger partial charge is 0.329 e. The number of para-hydroxylation sites is 2. The molecule has 0 saturated carbocycles. The maximum atomic E-state index is 4.28. The summed E-state index contributed by atoms with van der Waals surface area (Å²) in [4.78, 5) is 4.39. The summed E-state index contributed by atoms with van der Waals surface area (Å²) in [6.07, 6.45) is 0. The van der Waals surface area contributed by atoms with Gasteiger partial charge in [0.25, 0.3) is 0 Å². The predicted molar refractivity (Wildman–Crippen MR) is 94.8 cm³/mol. The number of benzene rings is 3. The van der Waals surface area contributed by atoms with Crippen molar-refractivity contribution in [3.8, 4) is 0 Å². The van der Waals surface area contributed by atoms with E-state index in [0.717, 1.165) is 5.82 Å². The lowest BCUT2D eigenvalue weighted by atomic mass is 10.0. The fraction of sp³-hybridized carbons (Fsp3) is 0.100. The van der Waals surface area contributed by atoms with Gasteiger partial charge in [0.05, 0.1) is 17.1 Å². The Morgan fingerprint density at radius 1 is 0.773 bits per heavy atom. The third-order valence-corrected chi connectivity index (χ3v) is 4.43. The molecule has 2 heteroatoms. The monoisotopic (exact) mass is 286 g/mol. The molecule has 0 atom stereocenters. The predicted octanol–water partition coefficient (Wildman–Crippen LogP) is 5.21. The highest BCUT2D eigenvalue weighted by Crippen LogP contribution is 2.45. The molecule has 1 heterocycles. The van der Waals surface area contributed by atoms with Gasteiger partial charge in [-0.25, -0.2) is 0 Å². The molecular formula is C20H18N2. The molecular weight excluding hydrogens is 268 g/mol. The van der Waals surface area contributed by atoms with Crippen LogP contribution in [0.15, 0.2) is 73.1 Å². The Balaban J connectivity index is 1.95. The zero-order valence-electron chi connectivity index (χ0n) is 12.9. The van der Waals surface area contributed by atoms with Gasteiger partial charge in [-0.15, -0.1) is 0 Å². The molecule has 0 saturated heterocycles. The molecule has 3 aromatic rings. The Morgan fingerprint density at radius 2 is 1.36 bits per heavy atom. The second kappa shape index (κ2) is 4.63. The molecule has 108 valence electrons. The number of hydrogen-bond acceptors (Lipinski definition) is 2. The van der Waals surface area contributed by atoms with Crippen LogP contribution in [0, 0.1) is 6.92 Å². The molecule has 22 heavy (non-hydrogen) atoms. The normalized spacial score (nSPS) is 13.8. The van der Waals surface area contributed by atoms with E-state index in [1.54, 1.807) is 0 Å². The summed E-state index contributed by atoms with van der Waals surface area (Å²) in [5.74, 6) is 0.986. The maximum absolute atomic E-state index is 4.28. The van der Waals surface area contributed by atoms with Gasteiger partial charge in [-0.2, -0.15) is 0 Å². The van der Waals surface area contributed by atoms with Gasteiger partial charge in [-0.1, -0.05) is 43.0 Å². The van der Waals surface area contributed by atoms with Crippen molar-refractivity contribution >= 4 is 27.8 Å². The first kappa shape index (κ1) is 13.0. The zero-order valence-corrected chi connectivity index (χ0v) is 12.9. The number of rotatable bonds is 1. The van der Waals surface area contributed by atoms with Gasteiger partial charge >= 0.3 is 0 Å². The van der Waals surface area contributed by atoms with E-state index in [2.05, 4.69) is 91.0 Å². The molecule has 0 spiro atoms. The molecule has 0 fully saturated rings. The van der Waals surface area contributed by atoms with Gasteiger partial charge in [-0.3, -0.25) is 4.90 Å². The number of nitrogens with zero attached hydrogens (tertiary/aromatic N) is 2. The molecule has 1 aliphatic rings. The molecule has 3 aromatic carbocycles. The van der Waals surface area contributed by atoms with Crippen molar-refractivity contribution in [2.75, 3.05) is 16.8 Å². The van der Waals surface area contributed by atoms with Crippen molar-refractivity contribution in [3.05, 3.63) is 78.6 Å². The minimum Gasteiger partial charge on any atom is -0.329 e. The van der Waals surface area contributed by atoms with Crippen molar-refractivity contribution in [1.82, 2.24) is 0 Å². The van der Waals surface area contributed by atoms with Crippen LogP contribution in [0.1, 0.15) is 5.56 Å². The van der Waals surface area contributed by atoms with Crippen LogP contribution in [0.4, 0.5) is 17.1 Å². The molecule has 0 bridgehead atoms. The maximum Gasteiger partial charge on any atom is 0.110 e. The summed E-state index contributed by atoms with van der Waals surface area (Å²) < 4.78 is 0. The van der Waals surface area contributed by atoms with Crippen LogP contribution in [0.3, 0.4) is 0 Å². The number of fused-ring (bicyclic) bond motifs is 2. The van der Waals surface area contributed by atoms with E-state index in [1.807, 2.05) is 0 Å². The van der Waals surface area contributed by atoms with Crippen molar-refractivity contribution < 1.29 is 0 Å². The van der Waals surface area contributed by atoms with Crippen LogP contribution in [0.2, 0.25) is 0 Å². The van der Waals surface area contributed by atoms with Gasteiger partial charge in [0.1, 0.15) is 5.82 Å². The molecule has 0 N–H and O–H groups in total. The second-order valence-corrected chi connectivity index (χ2v) is 5.79. The minimum atomic E-state index is 0.986. The van der Waals surface area contributed by atoms with Gasteiger partial charge < -0.3 is 4.90 Å². The van der Waals surface area contributed by atoms with E-state index in [4.69, 9.17) is 0 Å². The zero-order chi connectivity index (χ0) is 15.3. The van der Waals surface area contributed by atoms with Crippen LogP contribution >= 0.6 is 0 Å². The lowest BCUT2D eigenvalue weighted by Gasteiger charge is -2.24. The van der Waals surface area contributed by atoms with E-state index >= 15 is 0 Å². The Labute approximate surface area is 130 Å². The van der Waals surface area contributed by atoms with E-state index < -0.39 is 0 Å². The van der Waals surface area contributed by atoms with Crippen LogP contribution in [-0.4, -0.2) is 7.05 Å². The first-order chi connectivity index (χ1) is 10.7. The van der Waals surface area contributed by atoms with Crippen LogP contribution in [-0.2, 0) is 0 Å². The van der Waals surface area contributed by atoms with Crippen LogP contribution in [0.25, 0.3) is 10.8 Å². The minimum absolute atomic E-state index is 0.986. The fourth-order valence-electron chi connectivity index (χ4n) is 3.22. The smallest absolute Gasteiger partial charge is 0.110 e. The van der Waals surface area contributed by atoms with E-state index in [-0.39, 0.29) is 0 Å². The third kappa shape index (κ3) is 1.74. The summed E-state index contributed by atoms with van der Waals surface area (Å²) in [7, 11) is 2.07. The molecule has 0 radical (unpaired) electrons. The number of anilines is 3. The Kier molecular flexibility index (Phi) is 2.73. The van der Waals surface area contributed by atoms with Gasteiger partial charge in [0.15, 0.2) is 0 Å². The molecule has 0 unspecified atom stereocenters. The number of hydrogen-bond donors (Lipinski definition) is 0. The van der Waals surface area contributed by atoms with Crippen molar-refractivity contribution in [1.29, 1.82) is 0 Å². The summed E-state index contributed by atoms with van der Waals surface area (Å²) in [5.41, 5.74) is 4.83. The standard InChI is InChI=1S/C20H18N2/c1-14-12-16-8-4-5-9-17(16)13-20(14)22-15(2)21(3)18-10-6-7-11-19(18)22/h4-13H,2H2,1,3H3.